The number of ether oxygens (including phenoxy) is 1. The summed E-state index contributed by atoms with van der Waals surface area (Å²) in [6, 6.07) is 4.11. The molecule has 0 spiro atoms. The molecule has 24 heavy (non-hydrogen) atoms. The fourth-order valence-electron chi connectivity index (χ4n) is 1.66. The number of carbonyl (C=O) groups excluding carboxylic acids is 1. The maximum absolute atomic E-state index is 12.7. The summed E-state index contributed by atoms with van der Waals surface area (Å²) in [6.07, 6.45) is -4.74. The molecule has 0 unspecified atom stereocenters. The molecule has 4 nitrogen and oxygen atoms in total. The molecule has 0 radical (unpaired) electrons. The van der Waals surface area contributed by atoms with Crippen LogP contribution in [-0.2, 0) is 10.9 Å². The van der Waals surface area contributed by atoms with Crippen LogP contribution in [0, 0.1) is 5.92 Å². The monoisotopic (exact) mass is 344 g/mol. The number of halogens is 3. The van der Waals surface area contributed by atoms with E-state index in [1.165, 1.54) is 12.1 Å². The van der Waals surface area contributed by atoms with Gasteiger partial charge in [-0.3, -0.25) is 10.1 Å². The molecule has 1 aromatic carbocycles. The molecule has 1 aromatic rings. The lowest BCUT2D eigenvalue weighted by molar-refractivity contribution is -0.137. The van der Waals surface area contributed by atoms with Gasteiger partial charge in [0.1, 0.15) is 0 Å². The second-order valence-electron chi connectivity index (χ2n) is 6.12. The van der Waals surface area contributed by atoms with Gasteiger partial charge in [-0.05, 0) is 44.9 Å². The molecule has 0 aromatic heterocycles. The van der Waals surface area contributed by atoms with Crippen molar-refractivity contribution in [3.05, 3.63) is 35.4 Å². The molecule has 0 saturated carbocycles. The summed E-state index contributed by atoms with van der Waals surface area (Å²) in [7, 11) is 0. The zero-order valence-electron chi connectivity index (χ0n) is 14.4. The van der Waals surface area contributed by atoms with Crippen molar-refractivity contribution in [2.24, 2.45) is 10.9 Å². The molecule has 1 atom stereocenters. The Morgan fingerprint density at radius 1 is 1.17 bits per heavy atom. The van der Waals surface area contributed by atoms with Gasteiger partial charge in [0.2, 0.25) is 0 Å². The third-order valence-corrected chi connectivity index (χ3v) is 3.31. The highest BCUT2D eigenvalue weighted by molar-refractivity contribution is 6.04. The van der Waals surface area contributed by atoms with Crippen LogP contribution in [0.2, 0.25) is 0 Å². The van der Waals surface area contributed by atoms with Gasteiger partial charge < -0.3 is 4.74 Å². The van der Waals surface area contributed by atoms with E-state index in [1.54, 1.807) is 13.8 Å². The van der Waals surface area contributed by atoms with Gasteiger partial charge in [-0.2, -0.15) is 13.2 Å². The van der Waals surface area contributed by atoms with Gasteiger partial charge >= 0.3 is 6.18 Å². The number of hydrogen-bond acceptors (Lipinski definition) is 3. The Morgan fingerprint density at radius 2 is 1.79 bits per heavy atom. The third-order valence-electron chi connectivity index (χ3n) is 3.31. The van der Waals surface area contributed by atoms with Crippen LogP contribution in [-0.4, -0.2) is 24.1 Å². The highest BCUT2D eigenvalue weighted by atomic mass is 19.4. The number of carbonyl (C=O) groups is 1. The summed E-state index contributed by atoms with van der Waals surface area (Å²) in [4.78, 5) is 16.5. The number of amidine groups is 1. The third kappa shape index (κ3) is 6.22. The van der Waals surface area contributed by atoms with E-state index in [2.05, 4.69) is 10.3 Å². The first kappa shape index (κ1) is 20.0. The molecule has 0 aliphatic heterocycles. The Hall–Kier alpha value is -2.05. The number of rotatable bonds is 4. The molecular formula is C17H23F3N2O2. The van der Waals surface area contributed by atoms with Crippen molar-refractivity contribution in [1.29, 1.82) is 0 Å². The molecule has 0 aliphatic rings. The quantitative estimate of drug-likeness (QED) is 0.655. The maximum Gasteiger partial charge on any atom is 0.416 e. The SMILES string of the molecule is CC(C)OC(=N[C@@H](C)C(C)C)NC(=O)c1cccc(C(F)(F)F)c1. The van der Waals surface area contributed by atoms with E-state index in [1.807, 2.05) is 20.8 Å². The predicted octanol–water partition coefficient (Wildman–Crippen LogP) is 4.26. The van der Waals surface area contributed by atoms with E-state index in [0.29, 0.717) is 0 Å². The van der Waals surface area contributed by atoms with Crippen molar-refractivity contribution in [3.63, 3.8) is 0 Å². The maximum atomic E-state index is 12.7. The standard InChI is InChI=1S/C17H23F3N2O2/c1-10(2)12(5)21-16(24-11(3)4)22-15(23)13-7-6-8-14(9-13)17(18,19)20/h6-12H,1-5H3,(H,21,22,23)/t12-/m0/s1. The van der Waals surface area contributed by atoms with Crippen LogP contribution < -0.4 is 5.32 Å². The minimum absolute atomic E-state index is 0.00797. The highest BCUT2D eigenvalue weighted by Gasteiger charge is 2.31. The summed E-state index contributed by atoms with van der Waals surface area (Å²) < 4.78 is 43.7. The smallest absolute Gasteiger partial charge is 0.416 e. The first-order valence-corrected chi connectivity index (χ1v) is 7.73. The average Bonchev–Trinajstić information content (AvgIpc) is 2.45. The lowest BCUT2D eigenvalue weighted by Crippen LogP contribution is -2.35. The summed E-state index contributed by atoms with van der Waals surface area (Å²) in [6.45, 7) is 9.34. The van der Waals surface area contributed by atoms with Crippen molar-refractivity contribution < 1.29 is 22.7 Å². The Balaban J connectivity index is 3.00. The normalized spacial score (nSPS) is 14.0. The topological polar surface area (TPSA) is 50.7 Å². The van der Waals surface area contributed by atoms with E-state index in [-0.39, 0.29) is 29.6 Å². The molecule has 0 saturated heterocycles. The van der Waals surface area contributed by atoms with Crippen molar-refractivity contribution in [2.75, 3.05) is 0 Å². The van der Waals surface area contributed by atoms with Crippen LogP contribution in [0.15, 0.2) is 29.3 Å². The minimum atomic E-state index is -4.51. The van der Waals surface area contributed by atoms with Gasteiger partial charge in [0, 0.05) is 5.56 Å². The first-order valence-electron chi connectivity index (χ1n) is 7.73. The van der Waals surface area contributed by atoms with Crippen LogP contribution in [0.5, 0.6) is 0 Å². The molecule has 1 amide bonds. The Morgan fingerprint density at radius 3 is 2.29 bits per heavy atom. The number of amides is 1. The van der Waals surface area contributed by atoms with Crippen molar-refractivity contribution in [2.45, 2.75) is 52.9 Å². The molecule has 134 valence electrons. The zero-order valence-corrected chi connectivity index (χ0v) is 14.4. The number of benzene rings is 1. The van der Waals surface area contributed by atoms with Crippen LogP contribution in [0.1, 0.15) is 50.5 Å². The lowest BCUT2D eigenvalue weighted by Gasteiger charge is -2.17. The summed E-state index contributed by atoms with van der Waals surface area (Å²) in [5, 5.41) is 2.45. The van der Waals surface area contributed by atoms with E-state index < -0.39 is 17.6 Å². The first-order chi connectivity index (χ1) is 11.0. The Labute approximate surface area is 140 Å². The van der Waals surface area contributed by atoms with E-state index in [4.69, 9.17) is 4.74 Å². The molecule has 1 N–H and O–H groups in total. The van der Waals surface area contributed by atoms with Gasteiger partial charge in [-0.1, -0.05) is 19.9 Å². The fourth-order valence-corrected chi connectivity index (χ4v) is 1.66. The molecular weight excluding hydrogens is 321 g/mol. The van der Waals surface area contributed by atoms with Gasteiger partial charge in [-0.15, -0.1) is 0 Å². The second kappa shape index (κ2) is 8.17. The van der Waals surface area contributed by atoms with E-state index >= 15 is 0 Å². The van der Waals surface area contributed by atoms with Crippen molar-refractivity contribution in [3.8, 4) is 0 Å². The van der Waals surface area contributed by atoms with Crippen LogP contribution in [0.3, 0.4) is 0 Å². The Bertz CT molecular complexity index is 596. The number of hydrogen-bond donors (Lipinski definition) is 1. The number of nitrogens with one attached hydrogen (secondary N) is 1. The second-order valence-corrected chi connectivity index (χ2v) is 6.12. The number of alkyl halides is 3. The largest absolute Gasteiger partial charge is 0.462 e. The molecule has 1 rings (SSSR count). The van der Waals surface area contributed by atoms with Gasteiger partial charge in [0.05, 0.1) is 17.7 Å². The minimum Gasteiger partial charge on any atom is -0.462 e. The molecule has 7 heteroatoms. The van der Waals surface area contributed by atoms with Crippen molar-refractivity contribution in [1.82, 2.24) is 5.32 Å². The Kier molecular flexibility index (Phi) is 6.81. The molecule has 0 bridgehead atoms. The summed E-state index contributed by atoms with van der Waals surface area (Å²) >= 11 is 0. The van der Waals surface area contributed by atoms with Crippen LogP contribution in [0.4, 0.5) is 13.2 Å². The van der Waals surface area contributed by atoms with Gasteiger partial charge in [-0.25, -0.2) is 4.99 Å². The number of nitrogens with zero attached hydrogens (tertiary/aromatic N) is 1. The molecule has 0 heterocycles. The molecule has 0 fully saturated rings. The summed E-state index contributed by atoms with van der Waals surface area (Å²) in [5.41, 5.74) is -0.990. The van der Waals surface area contributed by atoms with E-state index in [9.17, 15) is 18.0 Å². The van der Waals surface area contributed by atoms with Gasteiger partial charge in [0.25, 0.3) is 11.9 Å². The average molecular weight is 344 g/mol. The van der Waals surface area contributed by atoms with Crippen molar-refractivity contribution >= 4 is 11.9 Å². The summed E-state index contributed by atoms with van der Waals surface area (Å²) in [5.74, 6) is -0.474. The highest BCUT2D eigenvalue weighted by Crippen LogP contribution is 2.29. The van der Waals surface area contributed by atoms with Crippen LogP contribution in [0.25, 0.3) is 0 Å². The molecule has 0 aliphatic carbocycles. The predicted molar refractivity (Wildman–Crippen MR) is 86.9 cm³/mol. The zero-order chi connectivity index (χ0) is 18.5. The number of aliphatic imine (C=N–C) groups is 1. The van der Waals surface area contributed by atoms with Crippen LogP contribution >= 0.6 is 0 Å². The van der Waals surface area contributed by atoms with Gasteiger partial charge in [0.15, 0.2) is 0 Å². The fraction of sp³-hybridized carbons (Fsp3) is 0.529. The van der Waals surface area contributed by atoms with E-state index in [0.717, 1.165) is 12.1 Å². The lowest BCUT2D eigenvalue weighted by atomic mass is 10.1.